The maximum Gasteiger partial charge on any atom is 0.410 e. The minimum Gasteiger partial charge on any atom is -0.444 e. The van der Waals surface area contributed by atoms with Gasteiger partial charge in [-0.3, -0.25) is 9.63 Å². The Labute approximate surface area is 127 Å². The number of hydrogen-bond donors (Lipinski definition) is 0. The van der Waals surface area contributed by atoms with Crippen LogP contribution in [0.1, 0.15) is 46.5 Å². The zero-order valence-electron chi connectivity index (χ0n) is 14.0. The molecule has 0 N–H and O–H groups in total. The van der Waals surface area contributed by atoms with Crippen molar-refractivity contribution >= 4 is 12.0 Å². The molecule has 6 nitrogen and oxygen atoms in total. The van der Waals surface area contributed by atoms with Crippen LogP contribution >= 0.6 is 0 Å². The standard InChI is InChI=1S/C15H28N2O4/c1-15(2,3)21-14(19)16(4)12-9-7-11(8-10-12)13(18)17(5)20-6/h11-12H,7-10H2,1-6H3/t11-,12+. The summed E-state index contributed by atoms with van der Waals surface area (Å²) in [7, 11) is 4.88. The molecule has 1 aliphatic carbocycles. The molecule has 0 spiro atoms. The second-order valence-corrected chi connectivity index (χ2v) is 6.61. The third-order valence-corrected chi connectivity index (χ3v) is 3.86. The predicted octanol–water partition coefficient (Wildman–Crippen LogP) is 2.43. The number of amides is 2. The lowest BCUT2D eigenvalue weighted by atomic mass is 9.85. The Balaban J connectivity index is 2.49. The van der Waals surface area contributed by atoms with Gasteiger partial charge in [0.2, 0.25) is 5.91 Å². The molecule has 122 valence electrons. The third-order valence-electron chi connectivity index (χ3n) is 3.86. The highest BCUT2D eigenvalue weighted by Gasteiger charge is 2.32. The van der Waals surface area contributed by atoms with E-state index in [0.29, 0.717) is 0 Å². The third kappa shape index (κ3) is 5.19. The summed E-state index contributed by atoms with van der Waals surface area (Å²) in [6.45, 7) is 5.57. The Hall–Kier alpha value is -1.30. The van der Waals surface area contributed by atoms with Crippen LogP contribution in [0.25, 0.3) is 0 Å². The number of rotatable bonds is 3. The molecule has 1 fully saturated rings. The van der Waals surface area contributed by atoms with Gasteiger partial charge in [0, 0.05) is 26.1 Å². The van der Waals surface area contributed by atoms with Crippen LogP contribution in [0.4, 0.5) is 4.79 Å². The molecule has 2 amide bonds. The number of hydroxylamine groups is 2. The lowest BCUT2D eigenvalue weighted by Gasteiger charge is -2.35. The van der Waals surface area contributed by atoms with Gasteiger partial charge in [0.15, 0.2) is 0 Å². The molecule has 21 heavy (non-hydrogen) atoms. The van der Waals surface area contributed by atoms with Crippen molar-refractivity contribution in [2.24, 2.45) is 5.92 Å². The van der Waals surface area contributed by atoms with Crippen LogP contribution in [0.5, 0.6) is 0 Å². The number of carbonyl (C=O) groups excluding carboxylic acids is 2. The minimum absolute atomic E-state index is 0.0101. The highest BCUT2D eigenvalue weighted by molar-refractivity contribution is 5.77. The molecule has 1 saturated carbocycles. The highest BCUT2D eigenvalue weighted by Crippen LogP contribution is 2.29. The van der Waals surface area contributed by atoms with Crippen LogP contribution in [0.2, 0.25) is 0 Å². The van der Waals surface area contributed by atoms with E-state index < -0.39 is 5.60 Å². The molecular formula is C15H28N2O4. The van der Waals surface area contributed by atoms with Crippen LogP contribution in [-0.4, -0.2) is 54.8 Å². The topological polar surface area (TPSA) is 59.1 Å². The largest absolute Gasteiger partial charge is 0.444 e. The van der Waals surface area contributed by atoms with Gasteiger partial charge in [0.25, 0.3) is 0 Å². The van der Waals surface area contributed by atoms with Gasteiger partial charge in [-0.1, -0.05) is 0 Å². The molecule has 0 aromatic heterocycles. The molecule has 0 aliphatic heterocycles. The van der Waals surface area contributed by atoms with Crippen molar-refractivity contribution in [3.8, 4) is 0 Å². The van der Waals surface area contributed by atoms with E-state index in [1.807, 2.05) is 20.8 Å². The lowest BCUT2D eigenvalue weighted by Crippen LogP contribution is -2.44. The second kappa shape index (κ2) is 7.11. The summed E-state index contributed by atoms with van der Waals surface area (Å²) in [4.78, 5) is 30.6. The summed E-state index contributed by atoms with van der Waals surface area (Å²) in [5, 5.41) is 1.28. The Morgan fingerprint density at radius 3 is 2.00 bits per heavy atom. The molecule has 0 radical (unpaired) electrons. The van der Waals surface area contributed by atoms with Crippen LogP contribution < -0.4 is 0 Å². The smallest absolute Gasteiger partial charge is 0.410 e. The molecule has 0 unspecified atom stereocenters. The molecule has 0 saturated heterocycles. The van der Waals surface area contributed by atoms with Crippen molar-refractivity contribution in [1.82, 2.24) is 9.96 Å². The van der Waals surface area contributed by atoms with Gasteiger partial charge in [0.1, 0.15) is 5.60 Å². The van der Waals surface area contributed by atoms with Crippen molar-refractivity contribution in [2.75, 3.05) is 21.2 Å². The number of nitrogens with zero attached hydrogens (tertiary/aromatic N) is 2. The first-order valence-electron chi connectivity index (χ1n) is 7.43. The summed E-state index contributed by atoms with van der Waals surface area (Å²) in [5.41, 5.74) is -0.486. The van der Waals surface area contributed by atoms with Gasteiger partial charge in [-0.2, -0.15) is 0 Å². The minimum atomic E-state index is -0.486. The molecule has 0 aromatic rings. The number of hydrogen-bond acceptors (Lipinski definition) is 4. The van der Waals surface area contributed by atoms with Crippen molar-refractivity contribution < 1.29 is 19.2 Å². The Morgan fingerprint density at radius 2 is 1.57 bits per heavy atom. The van der Waals surface area contributed by atoms with Crippen molar-refractivity contribution in [1.29, 1.82) is 0 Å². The maximum absolute atomic E-state index is 12.0. The van der Waals surface area contributed by atoms with E-state index in [-0.39, 0.29) is 24.0 Å². The van der Waals surface area contributed by atoms with Crippen molar-refractivity contribution in [3.63, 3.8) is 0 Å². The molecule has 1 aliphatic rings. The summed E-state index contributed by atoms with van der Waals surface area (Å²) in [6, 6.07) is 0.136. The first-order chi connectivity index (χ1) is 9.65. The lowest BCUT2D eigenvalue weighted by molar-refractivity contribution is -0.174. The summed E-state index contributed by atoms with van der Waals surface area (Å²) in [5.74, 6) is -0.00546. The van der Waals surface area contributed by atoms with E-state index in [9.17, 15) is 9.59 Å². The van der Waals surface area contributed by atoms with Crippen LogP contribution in [0.3, 0.4) is 0 Å². The van der Waals surface area contributed by atoms with Gasteiger partial charge >= 0.3 is 6.09 Å². The zero-order chi connectivity index (χ0) is 16.2. The van der Waals surface area contributed by atoms with Gasteiger partial charge in [-0.15, -0.1) is 0 Å². The number of ether oxygens (including phenoxy) is 1. The van der Waals surface area contributed by atoms with E-state index in [0.717, 1.165) is 25.7 Å². The van der Waals surface area contributed by atoms with Crippen molar-refractivity contribution in [3.05, 3.63) is 0 Å². The summed E-state index contributed by atoms with van der Waals surface area (Å²) < 4.78 is 5.37. The average molecular weight is 300 g/mol. The second-order valence-electron chi connectivity index (χ2n) is 6.61. The van der Waals surface area contributed by atoms with Gasteiger partial charge < -0.3 is 9.64 Å². The molecule has 1 rings (SSSR count). The fourth-order valence-corrected chi connectivity index (χ4v) is 2.54. The molecular weight excluding hydrogens is 272 g/mol. The predicted molar refractivity (Wildman–Crippen MR) is 79.5 cm³/mol. The van der Waals surface area contributed by atoms with Gasteiger partial charge in [-0.25, -0.2) is 9.86 Å². The van der Waals surface area contributed by atoms with E-state index in [1.165, 1.54) is 12.2 Å². The SMILES string of the molecule is CON(C)C(=O)[C@H]1CC[C@@H](N(C)C(=O)OC(C)(C)C)CC1. The normalized spacial score (nSPS) is 22.6. The van der Waals surface area contributed by atoms with E-state index in [1.54, 1.807) is 19.0 Å². The molecule has 0 aromatic carbocycles. The quantitative estimate of drug-likeness (QED) is 0.751. The Bertz CT molecular complexity index is 370. The maximum atomic E-state index is 12.0. The fourth-order valence-electron chi connectivity index (χ4n) is 2.54. The van der Waals surface area contributed by atoms with E-state index >= 15 is 0 Å². The first-order valence-corrected chi connectivity index (χ1v) is 7.43. The van der Waals surface area contributed by atoms with E-state index in [2.05, 4.69) is 0 Å². The molecule has 0 bridgehead atoms. The summed E-state index contributed by atoms with van der Waals surface area (Å²) in [6.07, 6.45) is 2.86. The first kappa shape index (κ1) is 17.8. The van der Waals surface area contributed by atoms with Gasteiger partial charge in [-0.05, 0) is 46.5 Å². The van der Waals surface area contributed by atoms with E-state index in [4.69, 9.17) is 9.57 Å². The molecule has 6 heteroatoms. The monoisotopic (exact) mass is 300 g/mol. The summed E-state index contributed by atoms with van der Waals surface area (Å²) >= 11 is 0. The fraction of sp³-hybridized carbons (Fsp3) is 0.867. The van der Waals surface area contributed by atoms with Crippen molar-refractivity contribution in [2.45, 2.75) is 58.1 Å². The van der Waals surface area contributed by atoms with Crippen LogP contribution in [0, 0.1) is 5.92 Å². The van der Waals surface area contributed by atoms with Gasteiger partial charge in [0.05, 0.1) is 7.11 Å². The Kier molecular flexibility index (Phi) is 6.01. The molecule has 0 heterocycles. The van der Waals surface area contributed by atoms with Crippen LogP contribution in [-0.2, 0) is 14.4 Å². The zero-order valence-corrected chi connectivity index (χ0v) is 14.0. The number of carbonyl (C=O) groups is 2. The Morgan fingerprint density at radius 1 is 1.05 bits per heavy atom. The van der Waals surface area contributed by atoms with Crippen LogP contribution in [0.15, 0.2) is 0 Å². The molecule has 0 atom stereocenters. The average Bonchev–Trinajstić information content (AvgIpc) is 2.43. The highest BCUT2D eigenvalue weighted by atomic mass is 16.7.